The molecule has 0 fully saturated rings. The molecule has 12 nitrogen and oxygen atoms in total. The topological polar surface area (TPSA) is 124 Å². The molecule has 53 heavy (non-hydrogen) atoms. The molecule has 1 amide bonds. The average Bonchev–Trinajstić information content (AvgIpc) is 3.20. The largest absolute Gasteiger partial charge is 0.497 e. The van der Waals surface area contributed by atoms with Crippen molar-refractivity contribution in [2.45, 2.75) is 31.8 Å². The van der Waals surface area contributed by atoms with Crippen molar-refractivity contribution in [2.24, 2.45) is 0 Å². The lowest BCUT2D eigenvalue weighted by Crippen LogP contribution is -2.38. The molecule has 0 radical (unpaired) electrons. The molecule has 0 aliphatic carbocycles. The minimum absolute atomic E-state index is 0.179. The van der Waals surface area contributed by atoms with Crippen LogP contribution in [-0.4, -0.2) is 68.9 Å². The Labute approximate surface area is 310 Å². The van der Waals surface area contributed by atoms with Gasteiger partial charge in [0.15, 0.2) is 34.5 Å². The lowest BCUT2D eigenvalue weighted by molar-refractivity contribution is 0.0935. The third kappa shape index (κ3) is 9.31. The molecule has 1 heterocycles. The molecule has 0 saturated carbocycles. The summed E-state index contributed by atoms with van der Waals surface area (Å²) >= 11 is 0. The zero-order valence-corrected chi connectivity index (χ0v) is 31.3. The monoisotopic (exact) mass is 728 g/mol. The number of amides is 1. The zero-order chi connectivity index (χ0) is 37.7. The van der Waals surface area contributed by atoms with Gasteiger partial charge >= 0.3 is 0 Å². The van der Waals surface area contributed by atoms with E-state index in [0.717, 1.165) is 48.1 Å². The highest BCUT2D eigenvalue weighted by Gasteiger charge is 2.26. The Morgan fingerprint density at radius 2 is 1.09 bits per heavy atom. The van der Waals surface area contributed by atoms with Gasteiger partial charge in [-0.1, -0.05) is 18.2 Å². The molecule has 0 spiro atoms. The predicted octanol–water partition coefficient (Wildman–Crippen LogP) is 7.79. The van der Waals surface area contributed by atoms with Gasteiger partial charge in [-0.15, -0.1) is 0 Å². The van der Waals surface area contributed by atoms with Crippen molar-refractivity contribution in [2.75, 3.05) is 68.3 Å². The van der Waals surface area contributed by atoms with Gasteiger partial charge in [0, 0.05) is 5.69 Å². The summed E-state index contributed by atoms with van der Waals surface area (Å²) < 4.78 is 50.8. The fourth-order valence-electron chi connectivity index (χ4n) is 5.96. The van der Waals surface area contributed by atoms with E-state index < -0.39 is 6.17 Å². The number of carbonyl (C=O) groups excluding carboxylic acids is 1. The van der Waals surface area contributed by atoms with Crippen LogP contribution < -0.4 is 53.3 Å². The smallest absolute Gasteiger partial charge is 0.255 e. The molecule has 0 bridgehead atoms. The average molecular weight is 729 g/mol. The van der Waals surface area contributed by atoms with Crippen LogP contribution in [0.15, 0.2) is 60.7 Å². The number of methoxy groups -OCH3 is 7. The van der Waals surface area contributed by atoms with E-state index in [2.05, 4.69) is 10.6 Å². The van der Waals surface area contributed by atoms with Crippen LogP contribution in [-0.2, 0) is 0 Å². The first-order chi connectivity index (χ1) is 25.8. The van der Waals surface area contributed by atoms with Gasteiger partial charge in [-0.2, -0.15) is 0 Å². The molecule has 1 atom stereocenters. The summed E-state index contributed by atoms with van der Waals surface area (Å²) in [5.74, 6) is 5.09. The number of fused-ring (bicyclic) bond motifs is 1. The first kappa shape index (κ1) is 38.3. The quantitative estimate of drug-likeness (QED) is 0.0727. The molecule has 1 aliphatic heterocycles. The van der Waals surface area contributed by atoms with Gasteiger partial charge < -0.3 is 53.3 Å². The number of anilines is 1. The van der Waals surface area contributed by atoms with E-state index in [-0.39, 0.29) is 5.91 Å². The molecule has 282 valence electrons. The van der Waals surface area contributed by atoms with Crippen LogP contribution in [0, 0.1) is 0 Å². The second-order valence-electron chi connectivity index (χ2n) is 12.0. The van der Waals surface area contributed by atoms with Gasteiger partial charge in [-0.3, -0.25) is 4.79 Å². The van der Waals surface area contributed by atoms with Crippen LogP contribution in [0.4, 0.5) is 5.69 Å². The third-order valence-electron chi connectivity index (χ3n) is 8.75. The molecule has 5 rings (SSSR count). The Bertz CT molecular complexity index is 1840. The van der Waals surface area contributed by atoms with Gasteiger partial charge in [-0.25, -0.2) is 0 Å². The molecule has 0 aromatic heterocycles. The molecular formula is C41H48N2O10. The number of hydrogen-bond acceptors (Lipinski definition) is 11. The number of benzene rings is 4. The van der Waals surface area contributed by atoms with E-state index in [1.165, 1.54) is 0 Å². The van der Waals surface area contributed by atoms with Gasteiger partial charge in [0.25, 0.3) is 5.91 Å². The number of ether oxygens (including phenoxy) is 9. The fourth-order valence-corrected chi connectivity index (χ4v) is 5.96. The van der Waals surface area contributed by atoms with Crippen molar-refractivity contribution >= 4 is 23.7 Å². The molecular weight excluding hydrogens is 680 g/mol. The Morgan fingerprint density at radius 3 is 1.64 bits per heavy atom. The predicted molar refractivity (Wildman–Crippen MR) is 204 cm³/mol. The Hall–Kier alpha value is -5.91. The van der Waals surface area contributed by atoms with Crippen molar-refractivity contribution in [3.8, 4) is 51.7 Å². The van der Waals surface area contributed by atoms with Crippen LogP contribution in [0.1, 0.15) is 58.9 Å². The summed E-state index contributed by atoms with van der Waals surface area (Å²) in [7, 11) is 11.1. The highest BCUT2D eigenvalue weighted by atomic mass is 16.5. The highest BCUT2D eigenvalue weighted by molar-refractivity contribution is 6.02. The third-order valence-corrected chi connectivity index (χ3v) is 8.75. The zero-order valence-electron chi connectivity index (χ0n) is 31.3. The molecule has 2 N–H and O–H groups in total. The van der Waals surface area contributed by atoms with Gasteiger partial charge in [0.1, 0.15) is 11.9 Å². The van der Waals surface area contributed by atoms with Crippen LogP contribution in [0.2, 0.25) is 0 Å². The van der Waals surface area contributed by atoms with E-state index in [1.807, 2.05) is 66.7 Å². The lowest BCUT2D eigenvalue weighted by atomic mass is 10.0. The standard InChI is InChI=1S/C41H48N2O10/c1-45-29-15-16-31-30(25-29)41(44)43-40(42-31)28-14-17-32(33(24-28)46-2)52-18-10-8-9-11-19-53-39-36(49-5)22-27(23-37(39)50-6)13-12-26-20-34(47-3)38(51-7)35(21-26)48-4/h12-17,20-25,40,42H,8-11,18-19H2,1-7H3,(H,43,44)/b13-12+. The number of hydrogen-bond donors (Lipinski definition) is 2. The van der Waals surface area contributed by atoms with E-state index in [0.29, 0.717) is 70.5 Å². The summed E-state index contributed by atoms with van der Waals surface area (Å²) in [4.78, 5) is 12.8. The Morgan fingerprint density at radius 1 is 0.528 bits per heavy atom. The number of rotatable bonds is 19. The molecule has 4 aromatic rings. The van der Waals surface area contributed by atoms with E-state index in [1.54, 1.807) is 55.8 Å². The molecule has 12 heteroatoms. The maximum Gasteiger partial charge on any atom is 0.255 e. The highest BCUT2D eigenvalue weighted by Crippen LogP contribution is 2.41. The molecule has 1 aliphatic rings. The summed E-state index contributed by atoms with van der Waals surface area (Å²) in [6.07, 6.45) is 7.12. The van der Waals surface area contributed by atoms with Crippen LogP contribution in [0.25, 0.3) is 12.2 Å². The first-order valence-corrected chi connectivity index (χ1v) is 17.3. The van der Waals surface area contributed by atoms with Crippen molar-refractivity contribution in [3.05, 3.63) is 82.9 Å². The maximum atomic E-state index is 12.8. The van der Waals surface area contributed by atoms with Gasteiger partial charge in [-0.05, 0) is 97.0 Å². The van der Waals surface area contributed by atoms with Crippen molar-refractivity contribution in [1.29, 1.82) is 0 Å². The van der Waals surface area contributed by atoms with E-state index in [4.69, 9.17) is 42.6 Å². The van der Waals surface area contributed by atoms with E-state index in [9.17, 15) is 4.79 Å². The fraction of sp³-hybridized carbons (Fsp3) is 0.341. The maximum absolute atomic E-state index is 12.8. The summed E-state index contributed by atoms with van der Waals surface area (Å²) in [5.41, 5.74) is 3.86. The lowest BCUT2D eigenvalue weighted by Gasteiger charge is -2.28. The van der Waals surface area contributed by atoms with Gasteiger partial charge in [0.2, 0.25) is 11.5 Å². The second kappa shape index (κ2) is 18.5. The SMILES string of the molecule is COc1ccc2c(c1)C(=O)NC(c1ccc(OCCCCCCOc3c(OC)cc(/C=C/c4cc(OC)c(OC)c(OC)c4)cc3OC)c(OC)c1)N2. The number of carbonyl (C=O) groups is 1. The minimum Gasteiger partial charge on any atom is -0.497 e. The normalized spacial score (nSPS) is 13.3. The second-order valence-corrected chi connectivity index (χ2v) is 12.0. The molecule has 4 aromatic carbocycles. The molecule has 1 unspecified atom stereocenters. The first-order valence-electron chi connectivity index (χ1n) is 17.3. The van der Waals surface area contributed by atoms with Crippen LogP contribution in [0.5, 0.6) is 51.7 Å². The Balaban J connectivity index is 1.09. The minimum atomic E-state index is -0.413. The summed E-state index contributed by atoms with van der Waals surface area (Å²) in [5, 5.41) is 6.36. The summed E-state index contributed by atoms with van der Waals surface area (Å²) in [6, 6.07) is 18.6. The number of nitrogens with one attached hydrogen (secondary N) is 2. The Kier molecular flexibility index (Phi) is 13.4. The van der Waals surface area contributed by atoms with Crippen LogP contribution >= 0.6 is 0 Å². The van der Waals surface area contributed by atoms with Gasteiger partial charge in [0.05, 0.1) is 68.5 Å². The number of unbranched alkanes of at least 4 members (excludes halogenated alkanes) is 3. The summed E-state index contributed by atoms with van der Waals surface area (Å²) in [6.45, 7) is 1.05. The van der Waals surface area contributed by atoms with E-state index >= 15 is 0 Å². The van der Waals surface area contributed by atoms with Crippen molar-refractivity contribution in [1.82, 2.24) is 5.32 Å². The van der Waals surface area contributed by atoms with Crippen molar-refractivity contribution in [3.63, 3.8) is 0 Å². The van der Waals surface area contributed by atoms with Crippen LogP contribution in [0.3, 0.4) is 0 Å². The molecule has 0 saturated heterocycles. The van der Waals surface area contributed by atoms with Crippen molar-refractivity contribution < 1.29 is 47.4 Å².